The number of aryl methyl sites for hydroxylation is 3. The largest absolute Gasteiger partial charge is 0.477 e. The Morgan fingerprint density at radius 1 is 1.29 bits per heavy atom. The third-order valence-corrected chi connectivity index (χ3v) is 4.22. The zero-order valence-electron chi connectivity index (χ0n) is 12.1. The van der Waals surface area contributed by atoms with Crippen molar-refractivity contribution >= 4 is 28.3 Å². The summed E-state index contributed by atoms with van der Waals surface area (Å²) >= 11 is 0.980. The van der Waals surface area contributed by atoms with Crippen LogP contribution in [0.3, 0.4) is 0 Å². The number of nitrogens with zero attached hydrogens (tertiary/aromatic N) is 1. The highest BCUT2D eigenvalue weighted by atomic mass is 32.1. The number of nitrogens with one attached hydrogen (secondary N) is 1. The molecule has 5 nitrogen and oxygen atoms in total. The van der Waals surface area contributed by atoms with Gasteiger partial charge in [-0.15, -0.1) is 0 Å². The average molecular weight is 304 g/mol. The maximum absolute atomic E-state index is 12.2. The van der Waals surface area contributed by atoms with Crippen LogP contribution in [-0.2, 0) is 6.42 Å². The van der Waals surface area contributed by atoms with Gasteiger partial charge in [-0.3, -0.25) is 10.1 Å². The van der Waals surface area contributed by atoms with Gasteiger partial charge in [-0.2, -0.15) is 0 Å². The number of hydrogen-bond acceptors (Lipinski definition) is 4. The number of carbonyl (C=O) groups is 2. The molecular weight excluding hydrogens is 288 g/mol. The van der Waals surface area contributed by atoms with Crippen molar-refractivity contribution in [3.63, 3.8) is 0 Å². The fraction of sp³-hybridized carbons (Fsp3) is 0.267. The van der Waals surface area contributed by atoms with Crippen LogP contribution in [0.5, 0.6) is 0 Å². The van der Waals surface area contributed by atoms with Crippen LogP contribution >= 0.6 is 11.3 Å². The lowest BCUT2D eigenvalue weighted by atomic mass is 10.1. The van der Waals surface area contributed by atoms with Gasteiger partial charge in [-0.25, -0.2) is 9.78 Å². The third kappa shape index (κ3) is 3.28. The van der Waals surface area contributed by atoms with E-state index in [1.807, 2.05) is 26.8 Å². The summed E-state index contributed by atoms with van der Waals surface area (Å²) in [5, 5.41) is 12.1. The van der Waals surface area contributed by atoms with Gasteiger partial charge in [0, 0.05) is 5.56 Å². The van der Waals surface area contributed by atoms with E-state index < -0.39 is 5.97 Å². The van der Waals surface area contributed by atoms with Crippen LogP contribution < -0.4 is 5.32 Å². The van der Waals surface area contributed by atoms with E-state index >= 15 is 0 Å². The molecule has 0 unspecified atom stereocenters. The molecule has 2 rings (SSSR count). The van der Waals surface area contributed by atoms with Gasteiger partial charge >= 0.3 is 5.97 Å². The van der Waals surface area contributed by atoms with E-state index in [1.165, 1.54) is 0 Å². The molecule has 1 amide bonds. The molecule has 0 aliphatic heterocycles. The molecule has 2 N–H and O–H groups in total. The first kappa shape index (κ1) is 15.2. The number of carbonyl (C=O) groups excluding carboxylic acids is 1. The number of rotatable bonds is 4. The quantitative estimate of drug-likeness (QED) is 0.908. The number of amides is 1. The first-order valence-electron chi connectivity index (χ1n) is 6.54. The van der Waals surface area contributed by atoms with E-state index in [0.717, 1.165) is 22.5 Å². The van der Waals surface area contributed by atoms with E-state index in [4.69, 9.17) is 5.11 Å². The van der Waals surface area contributed by atoms with Crippen LogP contribution in [0.4, 0.5) is 5.13 Å². The second kappa shape index (κ2) is 6.05. The number of carboxylic acid groups (broad SMARTS) is 1. The summed E-state index contributed by atoms with van der Waals surface area (Å²) in [6.45, 7) is 5.74. The molecule has 110 valence electrons. The Balaban J connectivity index is 2.23. The van der Waals surface area contributed by atoms with E-state index in [2.05, 4.69) is 10.3 Å². The van der Waals surface area contributed by atoms with Gasteiger partial charge in [-0.05, 0) is 43.5 Å². The maximum atomic E-state index is 12.2. The van der Waals surface area contributed by atoms with Crippen molar-refractivity contribution in [3.05, 3.63) is 45.5 Å². The van der Waals surface area contributed by atoms with Crippen molar-refractivity contribution in [2.45, 2.75) is 27.2 Å². The first-order chi connectivity index (χ1) is 9.92. The Kier molecular flexibility index (Phi) is 4.37. The average Bonchev–Trinajstić information content (AvgIpc) is 2.85. The third-order valence-electron chi connectivity index (χ3n) is 3.22. The highest BCUT2D eigenvalue weighted by molar-refractivity contribution is 7.17. The van der Waals surface area contributed by atoms with E-state index in [1.54, 1.807) is 12.1 Å². The van der Waals surface area contributed by atoms with Crippen LogP contribution in [0.15, 0.2) is 18.2 Å². The van der Waals surface area contributed by atoms with Crippen molar-refractivity contribution in [1.82, 2.24) is 4.98 Å². The maximum Gasteiger partial charge on any atom is 0.347 e. The highest BCUT2D eigenvalue weighted by Crippen LogP contribution is 2.24. The molecule has 1 heterocycles. The molecule has 0 bridgehead atoms. The van der Waals surface area contributed by atoms with E-state index in [-0.39, 0.29) is 10.8 Å². The number of anilines is 1. The van der Waals surface area contributed by atoms with Gasteiger partial charge in [-0.1, -0.05) is 24.3 Å². The normalized spacial score (nSPS) is 10.4. The van der Waals surface area contributed by atoms with Crippen LogP contribution in [0, 0.1) is 13.8 Å². The summed E-state index contributed by atoms with van der Waals surface area (Å²) in [5.41, 5.74) is 3.16. The van der Waals surface area contributed by atoms with Gasteiger partial charge in [0.05, 0.1) is 5.69 Å². The Labute approximate surface area is 126 Å². The van der Waals surface area contributed by atoms with Gasteiger partial charge in [0.2, 0.25) is 0 Å². The molecule has 0 saturated heterocycles. The standard InChI is InChI=1S/C15H16N2O3S/c1-4-11-12(14(19)20)21-15(16-11)17-13(18)10-6-5-8(2)9(3)7-10/h5-7H,4H2,1-3H3,(H,19,20)(H,16,17,18). The summed E-state index contributed by atoms with van der Waals surface area (Å²) in [5.74, 6) is -1.30. The van der Waals surface area contributed by atoms with Crippen LogP contribution in [-0.4, -0.2) is 22.0 Å². The summed E-state index contributed by atoms with van der Waals surface area (Å²) in [6.07, 6.45) is 0.512. The SMILES string of the molecule is CCc1nc(NC(=O)c2ccc(C)c(C)c2)sc1C(=O)O. The molecule has 1 aromatic heterocycles. The number of thiazole rings is 1. The van der Waals surface area contributed by atoms with Gasteiger partial charge in [0.15, 0.2) is 5.13 Å². The lowest BCUT2D eigenvalue weighted by Gasteiger charge is -2.04. The minimum absolute atomic E-state index is 0.174. The smallest absolute Gasteiger partial charge is 0.347 e. The summed E-state index contributed by atoms with van der Waals surface area (Å²) in [6, 6.07) is 5.42. The molecule has 0 aliphatic rings. The Morgan fingerprint density at radius 3 is 2.52 bits per heavy atom. The Hall–Kier alpha value is -2.21. The summed E-state index contributed by atoms with van der Waals surface area (Å²) in [4.78, 5) is 27.6. The zero-order valence-corrected chi connectivity index (χ0v) is 12.9. The first-order valence-corrected chi connectivity index (χ1v) is 7.35. The Bertz CT molecular complexity index is 707. The minimum atomic E-state index is -1.02. The zero-order chi connectivity index (χ0) is 15.6. The summed E-state index contributed by atoms with van der Waals surface area (Å²) < 4.78 is 0. The molecular formula is C15H16N2O3S. The molecule has 0 saturated carbocycles. The molecule has 1 aromatic carbocycles. The topological polar surface area (TPSA) is 79.3 Å². The van der Waals surface area contributed by atoms with Crippen molar-refractivity contribution in [3.8, 4) is 0 Å². The molecule has 0 atom stereocenters. The molecule has 0 radical (unpaired) electrons. The van der Waals surface area contributed by atoms with E-state index in [9.17, 15) is 9.59 Å². The van der Waals surface area contributed by atoms with Gasteiger partial charge < -0.3 is 5.11 Å². The molecule has 0 fully saturated rings. The molecule has 21 heavy (non-hydrogen) atoms. The van der Waals surface area contributed by atoms with Crippen molar-refractivity contribution in [2.24, 2.45) is 0 Å². The molecule has 2 aromatic rings. The van der Waals surface area contributed by atoms with Crippen LogP contribution in [0.1, 0.15) is 43.8 Å². The fourth-order valence-electron chi connectivity index (χ4n) is 1.86. The number of aromatic nitrogens is 1. The van der Waals surface area contributed by atoms with Crippen LogP contribution in [0.25, 0.3) is 0 Å². The van der Waals surface area contributed by atoms with Crippen molar-refractivity contribution in [2.75, 3.05) is 5.32 Å². The second-order valence-corrected chi connectivity index (χ2v) is 5.71. The number of benzene rings is 1. The summed E-state index contributed by atoms with van der Waals surface area (Å²) in [7, 11) is 0. The van der Waals surface area contributed by atoms with E-state index in [0.29, 0.717) is 22.8 Å². The second-order valence-electron chi connectivity index (χ2n) is 4.71. The van der Waals surface area contributed by atoms with Crippen molar-refractivity contribution < 1.29 is 14.7 Å². The number of carboxylic acids is 1. The van der Waals surface area contributed by atoms with Gasteiger partial charge in [0.1, 0.15) is 4.88 Å². The lowest BCUT2D eigenvalue weighted by molar-refractivity contribution is 0.0700. The fourth-order valence-corrected chi connectivity index (χ4v) is 2.75. The monoisotopic (exact) mass is 304 g/mol. The molecule has 0 aliphatic carbocycles. The van der Waals surface area contributed by atoms with Crippen molar-refractivity contribution in [1.29, 1.82) is 0 Å². The predicted molar refractivity (Wildman–Crippen MR) is 82.3 cm³/mol. The minimum Gasteiger partial charge on any atom is -0.477 e. The molecule has 6 heteroatoms. The highest BCUT2D eigenvalue weighted by Gasteiger charge is 2.17. The Morgan fingerprint density at radius 2 is 2.00 bits per heavy atom. The lowest BCUT2D eigenvalue weighted by Crippen LogP contribution is -2.12. The molecule has 0 spiro atoms. The number of aromatic carboxylic acids is 1. The number of hydrogen-bond donors (Lipinski definition) is 2. The van der Waals surface area contributed by atoms with Crippen LogP contribution in [0.2, 0.25) is 0 Å². The van der Waals surface area contributed by atoms with Gasteiger partial charge in [0.25, 0.3) is 5.91 Å². The predicted octanol–water partition coefficient (Wildman–Crippen LogP) is 3.27.